The quantitative estimate of drug-likeness (QED) is 0.452. The Bertz CT molecular complexity index is 1340. The molecule has 3 saturated heterocycles. The molecule has 5 heterocycles. The number of carbonyl (C=O) groups excluding carboxylic acids is 1. The second-order valence-corrected chi connectivity index (χ2v) is 10.8. The van der Waals surface area contributed by atoms with Crippen LogP contribution in [0.15, 0.2) is 66.9 Å². The third kappa shape index (κ3) is 4.08. The molecule has 0 bridgehead atoms. The Kier molecular flexibility index (Phi) is 5.93. The summed E-state index contributed by atoms with van der Waals surface area (Å²) in [6.07, 6.45) is 3.68. The molecule has 2 aromatic carbocycles. The van der Waals surface area contributed by atoms with Crippen LogP contribution in [0.1, 0.15) is 54.2 Å². The maximum Gasteiger partial charge on any atom is 0.324 e. The van der Waals surface area contributed by atoms with Crippen molar-refractivity contribution < 1.29 is 14.3 Å². The van der Waals surface area contributed by atoms with Crippen LogP contribution in [-0.2, 0) is 21.7 Å². The maximum absolute atomic E-state index is 13.1. The smallest absolute Gasteiger partial charge is 0.324 e. The highest BCUT2D eigenvalue weighted by molar-refractivity contribution is 6.00. The number of likely N-dealkylation sites (tertiary alicyclic amines) is 1. The normalized spacial score (nSPS) is 27.9. The van der Waals surface area contributed by atoms with Crippen molar-refractivity contribution in [1.29, 1.82) is 0 Å². The van der Waals surface area contributed by atoms with E-state index in [1.54, 1.807) is 6.20 Å². The van der Waals surface area contributed by atoms with Gasteiger partial charge in [-0.15, -0.1) is 0 Å². The van der Waals surface area contributed by atoms with Gasteiger partial charge in [0.15, 0.2) is 5.72 Å². The minimum Gasteiger partial charge on any atom is -0.357 e. The third-order valence-corrected chi connectivity index (χ3v) is 8.44. The first kappa shape index (κ1) is 23.8. The molecule has 4 aliphatic heterocycles. The standard InChI is InChI=1S/C30H33N5O3/c1-2-23-18-37-28-27-24(30(19-38-30)35(23)28)9-6-10-25(27)32-29(36)33-26-15-21(11-13-31-26)22-12-14-34(17-22)16-20-7-4-3-5-8-20/h3-11,13,15,22-23,28H,2,12,14,16-19H2,1H3,(H2,31,32,33,36)/t22?,23-,28?,30?/m0/s1. The lowest BCUT2D eigenvalue weighted by atomic mass is 9.99. The first-order valence-corrected chi connectivity index (χ1v) is 13.6. The van der Waals surface area contributed by atoms with Gasteiger partial charge < -0.3 is 14.8 Å². The summed E-state index contributed by atoms with van der Waals surface area (Å²) >= 11 is 0. The molecule has 0 aliphatic carbocycles. The topological polar surface area (TPSA) is 82.3 Å². The van der Waals surface area contributed by atoms with E-state index in [9.17, 15) is 4.79 Å². The number of anilines is 2. The number of hydrogen-bond acceptors (Lipinski definition) is 6. The Morgan fingerprint density at radius 2 is 2.00 bits per heavy atom. The number of nitrogens with zero attached hydrogens (tertiary/aromatic N) is 3. The van der Waals surface area contributed by atoms with Gasteiger partial charge in [0.1, 0.15) is 12.0 Å². The van der Waals surface area contributed by atoms with Crippen LogP contribution in [0.4, 0.5) is 16.3 Å². The van der Waals surface area contributed by atoms with E-state index in [-0.39, 0.29) is 12.3 Å². The summed E-state index contributed by atoms with van der Waals surface area (Å²) in [5, 5.41) is 6.02. The summed E-state index contributed by atoms with van der Waals surface area (Å²) in [4.78, 5) is 22.4. The van der Waals surface area contributed by atoms with E-state index in [1.165, 1.54) is 11.1 Å². The van der Waals surface area contributed by atoms with Gasteiger partial charge in [0.05, 0.1) is 18.9 Å². The molecule has 196 valence electrons. The van der Waals surface area contributed by atoms with Gasteiger partial charge in [-0.1, -0.05) is 49.4 Å². The van der Waals surface area contributed by atoms with Crippen molar-refractivity contribution in [2.75, 3.05) is 36.9 Å². The van der Waals surface area contributed by atoms with Crippen molar-refractivity contribution in [2.24, 2.45) is 0 Å². The molecular formula is C30H33N5O3. The lowest BCUT2D eigenvalue weighted by molar-refractivity contribution is -0.0184. The Balaban J connectivity index is 1.03. The fourth-order valence-electron chi connectivity index (χ4n) is 6.50. The van der Waals surface area contributed by atoms with Crippen molar-refractivity contribution in [1.82, 2.24) is 14.8 Å². The van der Waals surface area contributed by atoms with Crippen molar-refractivity contribution in [3.8, 4) is 0 Å². The van der Waals surface area contributed by atoms with E-state index in [0.717, 1.165) is 49.3 Å². The van der Waals surface area contributed by atoms with E-state index in [1.807, 2.05) is 18.2 Å². The molecular weight excluding hydrogens is 478 g/mol. The van der Waals surface area contributed by atoms with Gasteiger partial charge in [0, 0.05) is 36.5 Å². The van der Waals surface area contributed by atoms with E-state index in [4.69, 9.17) is 9.47 Å². The fraction of sp³-hybridized carbons (Fsp3) is 0.400. The lowest BCUT2D eigenvalue weighted by Crippen LogP contribution is -2.37. The van der Waals surface area contributed by atoms with Gasteiger partial charge in [-0.25, -0.2) is 14.7 Å². The van der Waals surface area contributed by atoms with Crippen LogP contribution in [0.5, 0.6) is 0 Å². The Morgan fingerprint density at radius 1 is 1.13 bits per heavy atom. The molecule has 8 heteroatoms. The highest BCUT2D eigenvalue weighted by atomic mass is 16.6. The predicted octanol–water partition coefficient (Wildman–Crippen LogP) is 5.02. The molecule has 3 unspecified atom stereocenters. The molecule has 1 spiro atoms. The SMILES string of the molecule is CC[C@H]1COC2c3c(NC(=O)Nc4cc(C5CCN(Cc6ccccc6)C5)ccn4)cccc3C3(CO3)N21. The van der Waals surface area contributed by atoms with Crippen molar-refractivity contribution in [3.05, 3.63) is 89.1 Å². The summed E-state index contributed by atoms with van der Waals surface area (Å²) in [7, 11) is 0. The molecule has 38 heavy (non-hydrogen) atoms. The summed E-state index contributed by atoms with van der Waals surface area (Å²) in [6, 6.07) is 20.7. The number of pyridine rings is 1. The van der Waals surface area contributed by atoms with Crippen LogP contribution < -0.4 is 10.6 Å². The zero-order valence-corrected chi connectivity index (χ0v) is 21.6. The molecule has 1 aromatic heterocycles. The second kappa shape index (κ2) is 9.47. The van der Waals surface area contributed by atoms with E-state index >= 15 is 0 Å². The lowest BCUT2D eigenvalue weighted by Gasteiger charge is -2.25. The molecule has 0 radical (unpaired) electrons. The third-order valence-electron chi connectivity index (χ3n) is 8.44. The molecule has 4 atom stereocenters. The van der Waals surface area contributed by atoms with Gasteiger partial charge in [-0.05, 0) is 54.6 Å². The van der Waals surface area contributed by atoms with Crippen LogP contribution in [0.3, 0.4) is 0 Å². The molecule has 2 amide bonds. The van der Waals surface area contributed by atoms with Crippen LogP contribution in [-0.4, -0.2) is 53.2 Å². The summed E-state index contributed by atoms with van der Waals surface area (Å²) in [5.41, 5.74) is 4.99. The summed E-state index contributed by atoms with van der Waals surface area (Å²) < 4.78 is 12.2. The van der Waals surface area contributed by atoms with Crippen molar-refractivity contribution >= 4 is 17.5 Å². The summed E-state index contributed by atoms with van der Waals surface area (Å²) in [6.45, 7) is 6.54. The average Bonchev–Trinajstić information content (AvgIpc) is 3.27. The highest BCUT2D eigenvalue weighted by Gasteiger charge is 2.65. The van der Waals surface area contributed by atoms with Gasteiger partial charge in [0.25, 0.3) is 0 Å². The Morgan fingerprint density at radius 3 is 2.82 bits per heavy atom. The Labute approximate surface area is 222 Å². The fourth-order valence-corrected chi connectivity index (χ4v) is 6.50. The van der Waals surface area contributed by atoms with Crippen LogP contribution in [0, 0.1) is 0 Å². The van der Waals surface area contributed by atoms with E-state index in [2.05, 4.69) is 74.8 Å². The average molecular weight is 512 g/mol. The van der Waals surface area contributed by atoms with Crippen molar-refractivity contribution in [3.63, 3.8) is 0 Å². The molecule has 3 aromatic rings. The van der Waals surface area contributed by atoms with Crippen LogP contribution in [0.25, 0.3) is 0 Å². The number of urea groups is 1. The number of carbonyl (C=O) groups is 1. The first-order valence-electron chi connectivity index (χ1n) is 13.6. The molecule has 3 fully saturated rings. The molecule has 2 N–H and O–H groups in total. The summed E-state index contributed by atoms with van der Waals surface area (Å²) in [5.74, 6) is 0.982. The molecule has 0 saturated carbocycles. The number of ether oxygens (including phenoxy) is 2. The number of aromatic nitrogens is 1. The minimum atomic E-state index is -0.406. The van der Waals surface area contributed by atoms with E-state index < -0.39 is 5.72 Å². The highest BCUT2D eigenvalue weighted by Crippen LogP contribution is 2.59. The Hall–Kier alpha value is -3.30. The monoisotopic (exact) mass is 511 g/mol. The zero-order valence-electron chi connectivity index (χ0n) is 21.6. The molecule has 8 nitrogen and oxygen atoms in total. The number of epoxide rings is 1. The largest absolute Gasteiger partial charge is 0.357 e. The number of nitrogens with one attached hydrogen (secondary N) is 2. The van der Waals surface area contributed by atoms with Gasteiger partial charge in [-0.2, -0.15) is 0 Å². The van der Waals surface area contributed by atoms with Gasteiger partial charge in [0.2, 0.25) is 0 Å². The number of hydrogen-bond donors (Lipinski definition) is 2. The zero-order chi connectivity index (χ0) is 25.7. The van der Waals surface area contributed by atoms with Crippen LogP contribution in [0.2, 0.25) is 0 Å². The predicted molar refractivity (Wildman–Crippen MR) is 145 cm³/mol. The maximum atomic E-state index is 13.1. The minimum absolute atomic E-state index is 0.198. The number of benzene rings is 2. The first-order chi connectivity index (χ1) is 18.6. The number of rotatable bonds is 6. The second-order valence-electron chi connectivity index (χ2n) is 10.8. The van der Waals surface area contributed by atoms with Gasteiger partial charge in [-0.3, -0.25) is 10.2 Å². The molecule has 7 rings (SSSR count). The van der Waals surface area contributed by atoms with Gasteiger partial charge >= 0.3 is 6.03 Å². The van der Waals surface area contributed by atoms with Crippen molar-refractivity contribution in [2.45, 2.75) is 50.2 Å². The number of amides is 2. The van der Waals surface area contributed by atoms with Crippen LogP contribution >= 0.6 is 0 Å². The van der Waals surface area contributed by atoms with E-state index in [0.29, 0.717) is 31.0 Å². The molecule has 4 aliphatic rings. The number of fused-ring (bicyclic) bond motifs is 5.